The first-order valence-electron chi connectivity index (χ1n) is 8.55. The van der Waals surface area contributed by atoms with Gasteiger partial charge >= 0.3 is 6.18 Å². The van der Waals surface area contributed by atoms with Crippen LogP contribution < -0.4 is 15.6 Å². The van der Waals surface area contributed by atoms with Gasteiger partial charge in [-0.1, -0.05) is 36.4 Å². The third-order valence-electron chi connectivity index (χ3n) is 4.06. The lowest BCUT2D eigenvalue weighted by Gasteiger charge is -2.10. The van der Waals surface area contributed by atoms with E-state index < -0.39 is 28.9 Å². The number of nitrogens with one attached hydrogen (secondary N) is 2. The predicted octanol–water partition coefficient (Wildman–Crippen LogP) is 4.34. The minimum Gasteiger partial charge on any atom is -0.493 e. The van der Waals surface area contributed by atoms with Gasteiger partial charge in [0, 0.05) is 18.0 Å². The lowest BCUT2D eigenvalue weighted by atomic mass is 10.1. The van der Waals surface area contributed by atoms with Crippen LogP contribution in [0.3, 0.4) is 0 Å². The summed E-state index contributed by atoms with van der Waals surface area (Å²) in [4.78, 5) is 25.5. The third kappa shape index (κ3) is 4.70. The van der Waals surface area contributed by atoms with Crippen LogP contribution >= 0.6 is 0 Å². The van der Waals surface area contributed by atoms with Crippen LogP contribution in [0.15, 0.2) is 59.5 Å². The average molecular weight is 390 g/mol. The molecule has 0 aliphatic heterocycles. The second-order valence-electron chi connectivity index (χ2n) is 6.11. The van der Waals surface area contributed by atoms with Crippen LogP contribution in [0.5, 0.6) is 5.75 Å². The van der Waals surface area contributed by atoms with Gasteiger partial charge in [0.15, 0.2) is 0 Å². The monoisotopic (exact) mass is 390 g/mol. The van der Waals surface area contributed by atoms with Gasteiger partial charge in [-0.3, -0.25) is 9.59 Å². The smallest absolute Gasteiger partial charge is 0.417 e. The number of fused-ring (bicyclic) bond motifs is 1. The zero-order valence-electron chi connectivity index (χ0n) is 14.7. The molecule has 28 heavy (non-hydrogen) atoms. The van der Waals surface area contributed by atoms with Gasteiger partial charge in [-0.05, 0) is 23.9 Å². The highest BCUT2D eigenvalue weighted by Crippen LogP contribution is 2.29. The lowest BCUT2D eigenvalue weighted by molar-refractivity contribution is -0.137. The number of aromatic nitrogens is 1. The Kier molecular flexibility index (Phi) is 5.67. The fraction of sp³-hybridized carbons (Fsp3) is 0.200. The van der Waals surface area contributed by atoms with Crippen molar-refractivity contribution in [2.24, 2.45) is 0 Å². The quantitative estimate of drug-likeness (QED) is 0.615. The molecule has 0 atom stereocenters. The molecule has 0 aliphatic carbocycles. The van der Waals surface area contributed by atoms with Crippen molar-refractivity contribution in [3.05, 3.63) is 70.6 Å². The Morgan fingerprint density at radius 1 is 1.11 bits per heavy atom. The number of hydrogen-bond donors (Lipinski definition) is 2. The topological polar surface area (TPSA) is 71.2 Å². The summed E-state index contributed by atoms with van der Waals surface area (Å²) in [6, 6.07) is 14.0. The fourth-order valence-electron chi connectivity index (χ4n) is 2.69. The molecule has 8 heteroatoms. The SMILES string of the molecule is O=C(CCCOc1cccc2ccccc12)Nc1cc(C(F)(F)F)c[nH]c1=O. The largest absolute Gasteiger partial charge is 0.493 e. The molecule has 0 fully saturated rings. The summed E-state index contributed by atoms with van der Waals surface area (Å²) >= 11 is 0. The van der Waals surface area contributed by atoms with Crippen molar-refractivity contribution < 1.29 is 22.7 Å². The lowest BCUT2D eigenvalue weighted by Crippen LogP contribution is -2.21. The number of rotatable bonds is 6. The van der Waals surface area contributed by atoms with E-state index in [4.69, 9.17) is 4.74 Å². The second kappa shape index (κ2) is 8.16. The van der Waals surface area contributed by atoms with Crippen LogP contribution in [-0.2, 0) is 11.0 Å². The first kappa shape index (κ1) is 19.5. The molecule has 3 aromatic rings. The van der Waals surface area contributed by atoms with Crippen LogP contribution in [0.4, 0.5) is 18.9 Å². The molecular formula is C20H17F3N2O3. The van der Waals surface area contributed by atoms with Gasteiger partial charge in [0.05, 0.1) is 12.2 Å². The molecule has 5 nitrogen and oxygen atoms in total. The van der Waals surface area contributed by atoms with E-state index in [2.05, 4.69) is 5.32 Å². The molecule has 0 saturated carbocycles. The maximum Gasteiger partial charge on any atom is 0.417 e. The minimum atomic E-state index is -4.62. The molecule has 0 bridgehead atoms. The summed E-state index contributed by atoms with van der Waals surface area (Å²) in [6.45, 7) is 0.250. The van der Waals surface area contributed by atoms with Crippen molar-refractivity contribution in [2.45, 2.75) is 19.0 Å². The van der Waals surface area contributed by atoms with Crippen molar-refractivity contribution in [3.63, 3.8) is 0 Å². The number of aromatic amines is 1. The van der Waals surface area contributed by atoms with Crippen molar-refractivity contribution in [1.82, 2.24) is 4.98 Å². The van der Waals surface area contributed by atoms with E-state index >= 15 is 0 Å². The van der Waals surface area contributed by atoms with E-state index in [9.17, 15) is 22.8 Å². The molecule has 0 unspecified atom stereocenters. The van der Waals surface area contributed by atoms with Crippen molar-refractivity contribution >= 4 is 22.4 Å². The number of amides is 1. The average Bonchev–Trinajstić information content (AvgIpc) is 2.66. The molecule has 0 spiro atoms. The highest BCUT2D eigenvalue weighted by atomic mass is 19.4. The first-order chi connectivity index (χ1) is 13.3. The minimum absolute atomic E-state index is 0.000448. The number of carbonyl (C=O) groups excluding carboxylic acids is 1. The van der Waals surface area contributed by atoms with E-state index in [0.29, 0.717) is 24.4 Å². The Morgan fingerprint density at radius 2 is 1.86 bits per heavy atom. The van der Waals surface area contributed by atoms with Crippen LogP contribution in [0.25, 0.3) is 10.8 Å². The van der Waals surface area contributed by atoms with Crippen LogP contribution in [0, 0.1) is 0 Å². The zero-order valence-corrected chi connectivity index (χ0v) is 14.7. The van der Waals surface area contributed by atoms with Crippen molar-refractivity contribution in [1.29, 1.82) is 0 Å². The predicted molar refractivity (Wildman–Crippen MR) is 99.4 cm³/mol. The number of anilines is 1. The number of hydrogen-bond acceptors (Lipinski definition) is 3. The second-order valence-corrected chi connectivity index (χ2v) is 6.11. The molecule has 146 valence electrons. The summed E-state index contributed by atoms with van der Waals surface area (Å²) in [5.41, 5.74) is -2.27. The van der Waals surface area contributed by atoms with Crippen molar-refractivity contribution in [3.8, 4) is 5.75 Å². The molecule has 1 heterocycles. The number of pyridine rings is 1. The number of benzene rings is 2. The summed E-state index contributed by atoms with van der Waals surface area (Å²) in [6.07, 6.45) is -3.71. The summed E-state index contributed by atoms with van der Waals surface area (Å²) < 4.78 is 43.8. The molecule has 1 aromatic heterocycles. The van der Waals surface area contributed by atoms with Gasteiger partial charge in [-0.25, -0.2) is 0 Å². The molecule has 1 amide bonds. The van der Waals surface area contributed by atoms with Gasteiger partial charge in [-0.15, -0.1) is 0 Å². The highest BCUT2D eigenvalue weighted by molar-refractivity contribution is 5.90. The van der Waals surface area contributed by atoms with E-state index in [0.717, 1.165) is 10.8 Å². The van der Waals surface area contributed by atoms with E-state index in [1.807, 2.05) is 47.4 Å². The maximum absolute atomic E-state index is 12.7. The van der Waals surface area contributed by atoms with E-state index in [-0.39, 0.29) is 13.0 Å². The number of ether oxygens (including phenoxy) is 1. The van der Waals surface area contributed by atoms with E-state index in [1.165, 1.54) is 0 Å². The third-order valence-corrected chi connectivity index (χ3v) is 4.06. The number of halogens is 3. The fourth-order valence-corrected chi connectivity index (χ4v) is 2.69. The number of carbonyl (C=O) groups is 1. The van der Waals surface area contributed by atoms with Gasteiger partial charge in [-0.2, -0.15) is 13.2 Å². The molecular weight excluding hydrogens is 373 g/mol. The van der Waals surface area contributed by atoms with Crippen molar-refractivity contribution in [2.75, 3.05) is 11.9 Å². The standard InChI is InChI=1S/C20H17F3N2O3/c21-20(22,23)14-11-16(19(27)24-12-14)25-18(26)9-4-10-28-17-8-3-6-13-5-1-2-7-15(13)17/h1-3,5-8,11-12H,4,9-10H2,(H,24,27)(H,25,26). The molecule has 0 radical (unpaired) electrons. The van der Waals surface area contributed by atoms with Gasteiger partial charge < -0.3 is 15.0 Å². The van der Waals surface area contributed by atoms with Gasteiger partial charge in [0.25, 0.3) is 5.56 Å². The summed E-state index contributed by atoms with van der Waals surface area (Å²) in [7, 11) is 0. The molecule has 2 aromatic carbocycles. The Bertz CT molecular complexity index is 1040. The van der Waals surface area contributed by atoms with Crippen LogP contribution in [-0.4, -0.2) is 17.5 Å². The highest BCUT2D eigenvalue weighted by Gasteiger charge is 2.31. The van der Waals surface area contributed by atoms with Gasteiger partial charge in [0.2, 0.25) is 5.91 Å². The Morgan fingerprint density at radius 3 is 2.64 bits per heavy atom. The zero-order chi connectivity index (χ0) is 20.1. The normalized spacial score (nSPS) is 11.4. The Labute approximate surface area is 158 Å². The summed E-state index contributed by atoms with van der Waals surface area (Å²) in [5.74, 6) is 0.124. The Balaban J connectivity index is 1.55. The molecule has 2 N–H and O–H groups in total. The maximum atomic E-state index is 12.7. The van der Waals surface area contributed by atoms with Crippen LogP contribution in [0.2, 0.25) is 0 Å². The molecule has 0 aliphatic rings. The number of alkyl halides is 3. The number of H-pyrrole nitrogens is 1. The first-order valence-corrected chi connectivity index (χ1v) is 8.55. The van der Waals surface area contributed by atoms with Crippen LogP contribution in [0.1, 0.15) is 18.4 Å². The van der Waals surface area contributed by atoms with Gasteiger partial charge in [0.1, 0.15) is 11.4 Å². The molecule has 0 saturated heterocycles. The molecule has 3 rings (SSSR count). The Hall–Kier alpha value is -3.29. The summed E-state index contributed by atoms with van der Waals surface area (Å²) in [5, 5.41) is 4.19. The van der Waals surface area contributed by atoms with E-state index in [1.54, 1.807) is 0 Å².